The molecule has 9 nitrogen and oxygen atoms in total. The number of carbonyl (C=O) groups excluding carboxylic acids is 1. The molecule has 1 N–H and O–H groups in total. The lowest BCUT2D eigenvalue weighted by molar-refractivity contribution is 0.0730. The molecule has 0 atom stereocenters. The molecule has 2 aromatic heterocycles. The van der Waals surface area contributed by atoms with E-state index >= 15 is 0 Å². The molecule has 0 bridgehead atoms. The molecular weight excluding hydrogens is 426 g/mol. The Labute approximate surface area is 178 Å². The third-order valence-electron chi connectivity index (χ3n) is 4.63. The van der Waals surface area contributed by atoms with Crippen molar-refractivity contribution in [1.82, 2.24) is 24.4 Å². The molecule has 3 heterocycles. The van der Waals surface area contributed by atoms with Gasteiger partial charge in [-0.15, -0.1) is 11.3 Å². The largest absolute Gasteiger partial charge is 0.379 e. The van der Waals surface area contributed by atoms with Gasteiger partial charge in [0.1, 0.15) is 0 Å². The number of nitrogens with one attached hydrogen (secondary N) is 1. The molecule has 30 heavy (non-hydrogen) atoms. The molecule has 0 spiro atoms. The lowest BCUT2D eigenvalue weighted by atomic mass is 10.2. The van der Waals surface area contributed by atoms with E-state index in [-0.39, 0.29) is 10.8 Å². The summed E-state index contributed by atoms with van der Waals surface area (Å²) in [6, 6.07) is 7.83. The average Bonchev–Trinajstić information content (AvgIpc) is 3.46. The van der Waals surface area contributed by atoms with Crippen molar-refractivity contribution in [2.45, 2.75) is 11.3 Å². The summed E-state index contributed by atoms with van der Waals surface area (Å²) < 4.78 is 33.6. The highest BCUT2D eigenvalue weighted by Gasteiger charge is 2.26. The highest BCUT2D eigenvalue weighted by molar-refractivity contribution is 7.89. The van der Waals surface area contributed by atoms with Gasteiger partial charge in [0.25, 0.3) is 5.91 Å². The lowest BCUT2D eigenvalue weighted by Crippen LogP contribution is -2.40. The number of sulfonamides is 1. The van der Waals surface area contributed by atoms with Gasteiger partial charge in [0.2, 0.25) is 15.2 Å². The van der Waals surface area contributed by atoms with Crippen molar-refractivity contribution in [2.24, 2.45) is 0 Å². The predicted molar refractivity (Wildman–Crippen MR) is 111 cm³/mol. The standard InChI is InChI=1S/C19H21N5O4S2/c25-18(20-8-6-16-14-29-19(22-16)24-9-1-7-21-24)15-2-4-17(5-3-15)30(26,27)23-10-12-28-13-11-23/h1-5,7,9,14H,6,8,10-13H2,(H,20,25). The summed E-state index contributed by atoms with van der Waals surface area (Å²) in [5.74, 6) is -0.257. The van der Waals surface area contributed by atoms with E-state index in [4.69, 9.17) is 4.74 Å². The predicted octanol–water partition coefficient (Wildman–Crippen LogP) is 1.32. The molecule has 1 aliphatic rings. The van der Waals surface area contributed by atoms with Gasteiger partial charge in [0.15, 0.2) is 0 Å². The highest BCUT2D eigenvalue weighted by atomic mass is 32.2. The fourth-order valence-corrected chi connectivity index (χ4v) is 5.22. The van der Waals surface area contributed by atoms with Gasteiger partial charge in [0.05, 0.1) is 23.8 Å². The van der Waals surface area contributed by atoms with Gasteiger partial charge in [-0.3, -0.25) is 4.79 Å². The van der Waals surface area contributed by atoms with Crippen LogP contribution in [0.25, 0.3) is 5.13 Å². The minimum absolute atomic E-state index is 0.176. The van der Waals surface area contributed by atoms with E-state index in [0.717, 1.165) is 10.8 Å². The molecule has 3 aromatic rings. The van der Waals surface area contributed by atoms with Crippen LogP contribution in [-0.4, -0.2) is 66.2 Å². The maximum atomic E-state index is 12.6. The van der Waals surface area contributed by atoms with E-state index in [1.807, 2.05) is 17.6 Å². The first kappa shape index (κ1) is 20.7. The second-order valence-corrected chi connectivity index (χ2v) is 9.39. The molecule has 4 rings (SSSR count). The summed E-state index contributed by atoms with van der Waals surface area (Å²) in [5.41, 5.74) is 1.28. The van der Waals surface area contributed by atoms with Crippen LogP contribution >= 0.6 is 11.3 Å². The van der Waals surface area contributed by atoms with Gasteiger partial charge in [-0.25, -0.2) is 18.1 Å². The number of amides is 1. The molecule has 1 saturated heterocycles. The van der Waals surface area contributed by atoms with Crippen molar-refractivity contribution in [3.05, 3.63) is 59.4 Å². The van der Waals surface area contributed by atoms with E-state index < -0.39 is 10.0 Å². The van der Waals surface area contributed by atoms with Crippen molar-refractivity contribution in [2.75, 3.05) is 32.8 Å². The highest BCUT2D eigenvalue weighted by Crippen LogP contribution is 2.18. The van der Waals surface area contributed by atoms with E-state index in [2.05, 4.69) is 15.4 Å². The first-order valence-electron chi connectivity index (χ1n) is 9.44. The van der Waals surface area contributed by atoms with Crippen molar-refractivity contribution in [1.29, 1.82) is 0 Å². The van der Waals surface area contributed by atoms with Crippen molar-refractivity contribution < 1.29 is 17.9 Å². The van der Waals surface area contributed by atoms with Crippen LogP contribution in [0.4, 0.5) is 0 Å². The number of aromatic nitrogens is 3. The smallest absolute Gasteiger partial charge is 0.251 e. The Balaban J connectivity index is 1.32. The quantitative estimate of drug-likeness (QED) is 0.586. The summed E-state index contributed by atoms with van der Waals surface area (Å²) in [4.78, 5) is 17.0. The minimum Gasteiger partial charge on any atom is -0.379 e. The topological polar surface area (TPSA) is 106 Å². The second-order valence-electron chi connectivity index (χ2n) is 6.62. The number of ether oxygens (including phenoxy) is 1. The van der Waals surface area contributed by atoms with E-state index in [1.54, 1.807) is 10.9 Å². The SMILES string of the molecule is O=C(NCCc1csc(-n2cccn2)n1)c1ccc(S(=O)(=O)N2CCOCC2)cc1. The number of thiazole rings is 1. The fourth-order valence-electron chi connectivity index (χ4n) is 3.02. The number of hydrogen-bond donors (Lipinski definition) is 1. The molecule has 158 valence electrons. The molecule has 11 heteroatoms. The molecule has 0 aliphatic carbocycles. The van der Waals surface area contributed by atoms with Crippen LogP contribution in [0.1, 0.15) is 16.1 Å². The van der Waals surface area contributed by atoms with Gasteiger partial charge in [0, 0.05) is 49.4 Å². The monoisotopic (exact) mass is 447 g/mol. The Morgan fingerprint density at radius 1 is 1.20 bits per heavy atom. The zero-order valence-corrected chi connectivity index (χ0v) is 17.7. The summed E-state index contributed by atoms with van der Waals surface area (Å²) in [5, 5.41) is 9.70. The van der Waals surface area contributed by atoms with Crippen molar-refractivity contribution in [3.8, 4) is 5.13 Å². The number of rotatable bonds is 7. The second kappa shape index (κ2) is 9.04. The molecule has 1 amide bonds. The van der Waals surface area contributed by atoms with Crippen LogP contribution in [0.15, 0.2) is 53.0 Å². The third-order valence-corrected chi connectivity index (χ3v) is 7.42. The number of benzene rings is 1. The average molecular weight is 448 g/mol. The van der Waals surface area contributed by atoms with Crippen LogP contribution in [0.2, 0.25) is 0 Å². The molecule has 1 fully saturated rings. The van der Waals surface area contributed by atoms with Crippen LogP contribution < -0.4 is 5.32 Å². The normalized spacial score (nSPS) is 15.2. The summed E-state index contributed by atoms with van der Waals surface area (Å²) in [6.07, 6.45) is 4.11. The van der Waals surface area contributed by atoms with Gasteiger partial charge in [-0.2, -0.15) is 9.40 Å². The van der Waals surface area contributed by atoms with Gasteiger partial charge in [-0.1, -0.05) is 0 Å². The fraction of sp³-hybridized carbons (Fsp3) is 0.316. The zero-order valence-electron chi connectivity index (χ0n) is 16.1. The van der Waals surface area contributed by atoms with Crippen LogP contribution in [0.5, 0.6) is 0 Å². The van der Waals surface area contributed by atoms with Gasteiger partial charge < -0.3 is 10.1 Å². The minimum atomic E-state index is -3.57. The molecule has 1 aromatic carbocycles. The number of morpholine rings is 1. The summed E-state index contributed by atoms with van der Waals surface area (Å²) in [7, 11) is -3.57. The van der Waals surface area contributed by atoms with Gasteiger partial charge >= 0.3 is 0 Å². The Morgan fingerprint density at radius 3 is 2.67 bits per heavy atom. The Hall–Kier alpha value is -2.60. The maximum Gasteiger partial charge on any atom is 0.251 e. The maximum absolute atomic E-state index is 12.6. The number of carbonyl (C=O) groups is 1. The first-order chi connectivity index (χ1) is 14.5. The Bertz CT molecular complexity index is 1090. The number of hydrogen-bond acceptors (Lipinski definition) is 7. The molecule has 1 aliphatic heterocycles. The van der Waals surface area contributed by atoms with E-state index in [9.17, 15) is 13.2 Å². The summed E-state index contributed by atoms with van der Waals surface area (Å²) in [6.45, 7) is 1.88. The third kappa shape index (κ3) is 4.59. The molecule has 0 unspecified atom stereocenters. The Kier molecular flexibility index (Phi) is 6.23. The van der Waals surface area contributed by atoms with Crippen LogP contribution in [-0.2, 0) is 21.2 Å². The lowest BCUT2D eigenvalue weighted by Gasteiger charge is -2.26. The van der Waals surface area contributed by atoms with E-state index in [1.165, 1.54) is 39.9 Å². The Morgan fingerprint density at radius 2 is 1.97 bits per heavy atom. The first-order valence-corrected chi connectivity index (χ1v) is 11.8. The van der Waals surface area contributed by atoms with Crippen LogP contribution in [0.3, 0.4) is 0 Å². The van der Waals surface area contributed by atoms with Crippen LogP contribution in [0, 0.1) is 0 Å². The van der Waals surface area contributed by atoms with Crippen molar-refractivity contribution in [3.63, 3.8) is 0 Å². The number of nitrogens with zero attached hydrogens (tertiary/aromatic N) is 4. The van der Waals surface area contributed by atoms with Crippen molar-refractivity contribution >= 4 is 27.3 Å². The molecule has 0 radical (unpaired) electrons. The summed E-state index contributed by atoms with van der Waals surface area (Å²) >= 11 is 1.49. The molecule has 0 saturated carbocycles. The van der Waals surface area contributed by atoms with E-state index in [0.29, 0.717) is 44.8 Å². The van der Waals surface area contributed by atoms with Gasteiger partial charge in [-0.05, 0) is 30.3 Å². The molecular formula is C19H21N5O4S2. The zero-order chi connectivity index (χ0) is 21.0.